The first-order valence-corrected chi connectivity index (χ1v) is 12.3. The van der Waals surface area contributed by atoms with Gasteiger partial charge < -0.3 is 21.2 Å². The normalized spacial score (nSPS) is 11.6. The second kappa shape index (κ2) is 10.7. The summed E-state index contributed by atoms with van der Waals surface area (Å²) >= 11 is 0.756. The third-order valence-electron chi connectivity index (χ3n) is 6.06. The molecule has 2 aromatic carbocycles. The molecule has 5 N–H and O–H groups in total. The Kier molecular flexibility index (Phi) is 7.40. The number of benzene rings is 2. The zero-order valence-corrected chi connectivity index (χ0v) is 21.5. The summed E-state index contributed by atoms with van der Waals surface area (Å²) in [6.07, 6.45) is 0. The molecule has 0 saturated carbocycles. The van der Waals surface area contributed by atoms with E-state index in [1.54, 1.807) is 31.2 Å². The van der Waals surface area contributed by atoms with E-state index in [-0.39, 0.29) is 28.6 Å². The van der Waals surface area contributed by atoms with Crippen LogP contribution in [0.4, 0.5) is 11.4 Å². The first kappa shape index (κ1) is 25.6. The second-order valence-corrected chi connectivity index (χ2v) is 9.36. The third kappa shape index (κ3) is 5.24. The van der Waals surface area contributed by atoms with Crippen LogP contribution in [0, 0.1) is 20.8 Å². The number of primary amides is 1. The van der Waals surface area contributed by atoms with Crippen LogP contribution in [0.3, 0.4) is 0 Å². The monoisotopic (exact) mass is 517 g/mol. The molecule has 9 nitrogen and oxygen atoms in total. The Labute approximate surface area is 218 Å². The maximum absolute atomic E-state index is 14.1. The summed E-state index contributed by atoms with van der Waals surface area (Å²) in [5, 5.41) is 2.93. The van der Waals surface area contributed by atoms with Crippen molar-refractivity contribution in [3.05, 3.63) is 99.4 Å². The van der Waals surface area contributed by atoms with E-state index in [0.29, 0.717) is 11.4 Å². The summed E-state index contributed by atoms with van der Waals surface area (Å²) in [6, 6.07) is 17.1. The van der Waals surface area contributed by atoms with E-state index in [9.17, 15) is 14.4 Å². The van der Waals surface area contributed by atoms with E-state index in [4.69, 9.17) is 15.9 Å². The third-order valence-corrected chi connectivity index (χ3v) is 6.91. The molecule has 3 amide bonds. The van der Waals surface area contributed by atoms with Crippen molar-refractivity contribution in [2.45, 2.75) is 33.4 Å². The van der Waals surface area contributed by atoms with Crippen molar-refractivity contribution in [3.8, 4) is 0 Å². The lowest BCUT2D eigenvalue weighted by atomic mass is 10.0. The van der Waals surface area contributed by atoms with E-state index in [0.717, 1.165) is 28.2 Å². The zero-order chi connectivity index (χ0) is 26.7. The van der Waals surface area contributed by atoms with Gasteiger partial charge in [-0.1, -0.05) is 42.5 Å². The summed E-state index contributed by atoms with van der Waals surface area (Å²) in [7, 11) is 0. The van der Waals surface area contributed by atoms with Crippen LogP contribution < -0.4 is 21.7 Å². The summed E-state index contributed by atoms with van der Waals surface area (Å²) in [5.74, 6) is -1.05. The maximum atomic E-state index is 14.1. The Morgan fingerprint density at radius 1 is 1.03 bits per heavy atom. The molecule has 2 aromatic heterocycles. The minimum atomic E-state index is -1.18. The van der Waals surface area contributed by atoms with E-state index in [2.05, 4.69) is 9.69 Å². The fourth-order valence-electron chi connectivity index (χ4n) is 3.96. The Morgan fingerprint density at radius 2 is 1.76 bits per heavy atom. The average molecular weight is 518 g/mol. The molecule has 0 fully saturated rings. The van der Waals surface area contributed by atoms with E-state index < -0.39 is 23.8 Å². The Morgan fingerprint density at radius 3 is 2.38 bits per heavy atom. The summed E-state index contributed by atoms with van der Waals surface area (Å²) in [6.45, 7) is 5.78. The largest absolute Gasteiger partial charge is 0.464 e. The number of nitrogens with two attached hydrogens (primary N) is 2. The molecule has 4 aromatic rings. The van der Waals surface area contributed by atoms with Crippen molar-refractivity contribution in [1.29, 1.82) is 0 Å². The van der Waals surface area contributed by atoms with Crippen molar-refractivity contribution in [2.75, 3.05) is 10.6 Å². The molecule has 0 radical (unpaired) electrons. The highest BCUT2D eigenvalue weighted by molar-refractivity contribution is 7.09. The number of anilines is 2. The van der Waals surface area contributed by atoms with Crippen LogP contribution in [0.5, 0.6) is 0 Å². The lowest BCUT2D eigenvalue weighted by Crippen LogP contribution is -2.44. The van der Waals surface area contributed by atoms with E-state index in [1.807, 2.05) is 50.2 Å². The molecule has 37 heavy (non-hydrogen) atoms. The molecule has 0 spiro atoms. The highest BCUT2D eigenvalue weighted by atomic mass is 32.1. The smallest absolute Gasteiger partial charge is 0.273 e. The van der Waals surface area contributed by atoms with Gasteiger partial charge in [0.05, 0.1) is 5.69 Å². The molecule has 0 saturated heterocycles. The minimum absolute atomic E-state index is 0.00107. The lowest BCUT2D eigenvalue weighted by Gasteiger charge is -2.31. The highest BCUT2D eigenvalue weighted by Gasteiger charge is 2.38. The Hall–Kier alpha value is -4.44. The maximum Gasteiger partial charge on any atom is 0.273 e. The number of nitrogens with zero attached hydrogens (tertiary/aromatic N) is 2. The lowest BCUT2D eigenvalue weighted by molar-refractivity contribution is -0.123. The van der Waals surface area contributed by atoms with Gasteiger partial charge in [-0.25, -0.2) is 0 Å². The molecule has 4 rings (SSSR count). The minimum Gasteiger partial charge on any atom is -0.464 e. The summed E-state index contributed by atoms with van der Waals surface area (Å²) in [4.78, 5) is 41.0. The van der Waals surface area contributed by atoms with Gasteiger partial charge in [-0.3, -0.25) is 19.3 Å². The highest BCUT2D eigenvalue weighted by Crippen LogP contribution is 2.36. The van der Waals surface area contributed by atoms with E-state index in [1.165, 1.54) is 4.90 Å². The van der Waals surface area contributed by atoms with Gasteiger partial charge in [0.25, 0.3) is 17.7 Å². The predicted octanol–water partition coefficient (Wildman–Crippen LogP) is 4.05. The molecule has 1 atom stereocenters. The van der Waals surface area contributed by atoms with Crippen LogP contribution in [0.1, 0.15) is 54.4 Å². The van der Waals surface area contributed by atoms with Crippen LogP contribution in [-0.2, 0) is 11.3 Å². The van der Waals surface area contributed by atoms with Crippen molar-refractivity contribution in [2.24, 2.45) is 5.73 Å². The van der Waals surface area contributed by atoms with Crippen LogP contribution in [0.25, 0.3) is 0 Å². The number of carbonyl (C=O) groups excluding carboxylic acids is 3. The molecule has 0 aliphatic rings. The van der Waals surface area contributed by atoms with Gasteiger partial charge >= 0.3 is 0 Å². The van der Waals surface area contributed by atoms with Gasteiger partial charge in [-0.05, 0) is 67.2 Å². The predicted molar refractivity (Wildman–Crippen MR) is 142 cm³/mol. The fourth-order valence-corrected chi connectivity index (χ4v) is 4.70. The van der Waals surface area contributed by atoms with Crippen LogP contribution in [-0.4, -0.2) is 22.1 Å². The number of nitrogen functional groups attached to an aromatic ring is 1. The van der Waals surface area contributed by atoms with Crippen molar-refractivity contribution >= 4 is 40.6 Å². The average Bonchev–Trinajstić information content (AvgIpc) is 3.48. The summed E-state index contributed by atoms with van der Waals surface area (Å²) < 4.78 is 9.86. The van der Waals surface area contributed by atoms with Crippen molar-refractivity contribution in [1.82, 2.24) is 9.69 Å². The zero-order valence-electron chi connectivity index (χ0n) is 20.6. The number of amides is 3. The molecule has 2 heterocycles. The van der Waals surface area contributed by atoms with Gasteiger partial charge in [-0.15, -0.1) is 0 Å². The van der Waals surface area contributed by atoms with Crippen LogP contribution in [0.2, 0.25) is 0 Å². The first-order valence-electron chi connectivity index (χ1n) is 11.5. The standard InChI is InChI=1S/C27H27N5O4S/c1-15-8-7-11-19(17(15)3)32(27(35)24-21(28)22(25(29)33)31-37-24)23(20-13-12-16(2)36-20)26(34)30-14-18-9-5-4-6-10-18/h4-13,23H,14,28H2,1-3H3,(H2,29,33)(H,30,34)/t23-/m0/s1. The second-order valence-electron chi connectivity index (χ2n) is 8.59. The molecule has 0 aliphatic carbocycles. The molecular formula is C27H27N5O4S. The van der Waals surface area contributed by atoms with Gasteiger partial charge in [0.2, 0.25) is 0 Å². The molecular weight excluding hydrogens is 490 g/mol. The summed E-state index contributed by atoms with van der Waals surface area (Å²) in [5.41, 5.74) is 14.3. The molecule has 0 bridgehead atoms. The van der Waals surface area contributed by atoms with Gasteiger partial charge in [-0.2, -0.15) is 4.37 Å². The van der Waals surface area contributed by atoms with Crippen LogP contribution in [0.15, 0.2) is 65.1 Å². The number of aromatic nitrogens is 1. The van der Waals surface area contributed by atoms with E-state index >= 15 is 0 Å². The number of hydrogen-bond acceptors (Lipinski definition) is 7. The number of nitrogens with one attached hydrogen (secondary N) is 1. The molecule has 10 heteroatoms. The van der Waals surface area contributed by atoms with Crippen molar-refractivity contribution < 1.29 is 18.8 Å². The quantitative estimate of drug-likeness (QED) is 0.322. The molecule has 0 unspecified atom stereocenters. The number of aryl methyl sites for hydroxylation is 2. The molecule has 0 aliphatic heterocycles. The number of furan rings is 1. The van der Waals surface area contributed by atoms with Gasteiger partial charge in [0.15, 0.2) is 11.7 Å². The number of rotatable bonds is 8. The number of carbonyl (C=O) groups is 3. The first-order chi connectivity index (χ1) is 17.7. The molecule has 190 valence electrons. The Bertz CT molecular complexity index is 1460. The Balaban J connectivity index is 1.85. The van der Waals surface area contributed by atoms with Crippen molar-refractivity contribution in [3.63, 3.8) is 0 Å². The fraction of sp³-hybridized carbons (Fsp3) is 0.185. The number of hydrogen-bond donors (Lipinski definition) is 3. The topological polar surface area (TPSA) is 145 Å². The van der Waals surface area contributed by atoms with Gasteiger partial charge in [0.1, 0.15) is 16.4 Å². The SMILES string of the molecule is Cc1ccc([C@@H](C(=O)NCc2ccccc2)N(C(=O)c2snc(C(N)=O)c2N)c2cccc(C)c2C)o1. The van der Waals surface area contributed by atoms with Gasteiger partial charge in [0, 0.05) is 12.2 Å². The van der Waals surface area contributed by atoms with Crippen LogP contribution >= 0.6 is 11.5 Å².